The van der Waals surface area contributed by atoms with Crippen LogP contribution >= 0.6 is 0 Å². The summed E-state index contributed by atoms with van der Waals surface area (Å²) in [7, 11) is 4.63. The van der Waals surface area contributed by atoms with E-state index in [1.165, 1.54) is 25.3 Å². The average molecular weight is 498 g/mol. The molecule has 37 heavy (non-hydrogen) atoms. The lowest BCUT2D eigenvalue weighted by Crippen LogP contribution is -1.97. The number of benzene rings is 3. The summed E-state index contributed by atoms with van der Waals surface area (Å²) < 4.78 is 21.8. The zero-order chi connectivity index (χ0) is 26.2. The van der Waals surface area contributed by atoms with Gasteiger partial charge in [0.25, 0.3) is 0 Å². The molecule has 1 aromatic heterocycles. The van der Waals surface area contributed by atoms with Gasteiger partial charge in [-0.05, 0) is 59.7 Å². The van der Waals surface area contributed by atoms with Gasteiger partial charge < -0.3 is 29.0 Å². The third-order valence-corrected chi connectivity index (χ3v) is 5.61. The van der Waals surface area contributed by atoms with Gasteiger partial charge in [0.05, 0.1) is 26.9 Å². The second-order valence-electron chi connectivity index (χ2n) is 7.95. The third kappa shape index (κ3) is 6.21. The van der Waals surface area contributed by atoms with Crippen LogP contribution in [0.15, 0.2) is 79.0 Å². The van der Waals surface area contributed by atoms with E-state index in [4.69, 9.17) is 18.9 Å². The van der Waals surface area contributed by atoms with Crippen molar-refractivity contribution in [2.24, 2.45) is 0 Å². The molecule has 4 rings (SSSR count). The van der Waals surface area contributed by atoms with Gasteiger partial charge in [-0.2, -0.15) is 0 Å². The SMILES string of the molecule is COc1ccc(C(=O)/C=C/c2c(/C=C/c3ccc(Oc4ccc[nH]4)cc3)cc(OC)cc2OC)c(O)c1. The Balaban J connectivity index is 1.61. The van der Waals surface area contributed by atoms with Crippen molar-refractivity contribution in [3.63, 3.8) is 0 Å². The highest BCUT2D eigenvalue weighted by Crippen LogP contribution is 2.32. The highest BCUT2D eigenvalue weighted by Gasteiger charge is 2.12. The number of allylic oxidation sites excluding steroid dienone is 1. The lowest BCUT2D eigenvalue weighted by Gasteiger charge is -2.12. The molecule has 4 aromatic rings. The number of H-pyrrole nitrogens is 1. The molecule has 0 atom stereocenters. The number of rotatable bonds is 10. The molecule has 0 spiro atoms. The normalized spacial score (nSPS) is 11.1. The molecule has 3 aromatic carbocycles. The standard InChI is InChI=1S/C30H27NO6/c1-34-23-12-13-26(28(33)18-23)27(32)15-14-25-21(17-24(35-2)19-29(25)36-3)9-6-20-7-10-22(11-8-20)37-30-5-4-16-31-30/h4-19,31,33H,1-3H3/b9-6+,15-14+. The maximum atomic E-state index is 12.8. The highest BCUT2D eigenvalue weighted by atomic mass is 16.5. The molecular formula is C30H27NO6. The van der Waals surface area contributed by atoms with Crippen LogP contribution in [0.1, 0.15) is 27.0 Å². The maximum absolute atomic E-state index is 12.8. The van der Waals surface area contributed by atoms with Gasteiger partial charge in [0.15, 0.2) is 11.7 Å². The Hall–Kier alpha value is -4.91. The Morgan fingerprint density at radius 2 is 1.57 bits per heavy atom. The van der Waals surface area contributed by atoms with E-state index in [2.05, 4.69) is 4.98 Å². The fraction of sp³-hybridized carbons (Fsp3) is 0.100. The summed E-state index contributed by atoms with van der Waals surface area (Å²) in [5.74, 6) is 2.49. The Labute approximate surface area is 215 Å². The van der Waals surface area contributed by atoms with E-state index < -0.39 is 0 Å². The minimum absolute atomic E-state index is 0.153. The number of hydrogen-bond acceptors (Lipinski definition) is 6. The first-order valence-electron chi connectivity index (χ1n) is 11.5. The van der Waals surface area contributed by atoms with Gasteiger partial charge in [0.1, 0.15) is 28.7 Å². The quantitative estimate of drug-likeness (QED) is 0.146. The lowest BCUT2D eigenvalue weighted by molar-refractivity contribution is 0.104. The van der Waals surface area contributed by atoms with E-state index in [-0.39, 0.29) is 17.1 Å². The van der Waals surface area contributed by atoms with Crippen LogP contribution in [0.4, 0.5) is 0 Å². The van der Waals surface area contributed by atoms with Gasteiger partial charge in [-0.15, -0.1) is 0 Å². The first kappa shape index (κ1) is 25.2. The molecule has 0 bridgehead atoms. The molecule has 0 unspecified atom stereocenters. The van der Waals surface area contributed by atoms with Crippen molar-refractivity contribution >= 4 is 24.0 Å². The summed E-state index contributed by atoms with van der Waals surface area (Å²) in [5, 5.41) is 10.2. The topological polar surface area (TPSA) is 90.0 Å². The third-order valence-electron chi connectivity index (χ3n) is 5.61. The molecule has 2 N–H and O–H groups in total. The number of ether oxygens (including phenoxy) is 4. The van der Waals surface area contributed by atoms with Crippen LogP contribution in [0.3, 0.4) is 0 Å². The molecule has 0 radical (unpaired) electrons. The average Bonchev–Trinajstić information content (AvgIpc) is 3.44. The van der Waals surface area contributed by atoms with Crippen molar-refractivity contribution in [3.05, 3.63) is 101 Å². The number of aromatic hydroxyl groups is 1. The maximum Gasteiger partial charge on any atom is 0.197 e. The van der Waals surface area contributed by atoms with Crippen molar-refractivity contribution in [2.75, 3.05) is 21.3 Å². The predicted octanol–water partition coefficient (Wildman–Crippen LogP) is 6.60. The summed E-state index contributed by atoms with van der Waals surface area (Å²) in [6, 6.07) is 19.5. The molecule has 0 aliphatic rings. The van der Waals surface area contributed by atoms with Crippen molar-refractivity contribution < 1.29 is 28.8 Å². The van der Waals surface area contributed by atoms with Gasteiger partial charge >= 0.3 is 0 Å². The number of aromatic amines is 1. The molecule has 0 amide bonds. The molecule has 0 saturated carbocycles. The number of phenols is 1. The predicted molar refractivity (Wildman–Crippen MR) is 144 cm³/mol. The number of phenolic OH excluding ortho intramolecular Hbond substituents is 1. The van der Waals surface area contributed by atoms with Gasteiger partial charge in [-0.1, -0.05) is 24.3 Å². The van der Waals surface area contributed by atoms with E-state index in [1.807, 2.05) is 54.6 Å². The fourth-order valence-electron chi connectivity index (χ4n) is 3.66. The Morgan fingerprint density at radius 3 is 2.22 bits per heavy atom. The first-order valence-corrected chi connectivity index (χ1v) is 11.5. The van der Waals surface area contributed by atoms with Gasteiger partial charge in [0, 0.05) is 30.0 Å². The number of aromatic nitrogens is 1. The zero-order valence-corrected chi connectivity index (χ0v) is 20.7. The first-order chi connectivity index (χ1) is 18.0. The van der Waals surface area contributed by atoms with Crippen LogP contribution in [0.5, 0.6) is 34.6 Å². The van der Waals surface area contributed by atoms with Crippen LogP contribution in [-0.4, -0.2) is 37.2 Å². The number of nitrogens with one attached hydrogen (secondary N) is 1. The van der Waals surface area contributed by atoms with Crippen molar-refractivity contribution in [1.82, 2.24) is 4.98 Å². The van der Waals surface area contributed by atoms with Crippen LogP contribution in [0.2, 0.25) is 0 Å². The smallest absolute Gasteiger partial charge is 0.197 e. The number of carbonyl (C=O) groups excluding carboxylic acids is 1. The van der Waals surface area contributed by atoms with Crippen LogP contribution < -0.4 is 18.9 Å². The van der Waals surface area contributed by atoms with E-state index in [0.717, 1.165) is 11.1 Å². The minimum atomic E-state index is -0.356. The Morgan fingerprint density at radius 1 is 0.811 bits per heavy atom. The molecule has 0 fully saturated rings. The summed E-state index contributed by atoms with van der Waals surface area (Å²) in [6.07, 6.45) is 8.73. The largest absolute Gasteiger partial charge is 0.507 e. The number of methoxy groups -OCH3 is 3. The summed E-state index contributed by atoms with van der Waals surface area (Å²) in [6.45, 7) is 0. The summed E-state index contributed by atoms with van der Waals surface area (Å²) in [5.41, 5.74) is 2.59. The Kier molecular flexibility index (Phi) is 7.95. The van der Waals surface area contributed by atoms with Gasteiger partial charge in [-0.3, -0.25) is 4.79 Å². The van der Waals surface area contributed by atoms with Gasteiger partial charge in [0.2, 0.25) is 0 Å². The zero-order valence-electron chi connectivity index (χ0n) is 20.7. The summed E-state index contributed by atoms with van der Waals surface area (Å²) in [4.78, 5) is 15.8. The molecule has 7 heteroatoms. The van der Waals surface area contributed by atoms with Crippen LogP contribution in [0, 0.1) is 0 Å². The molecule has 188 valence electrons. The second kappa shape index (κ2) is 11.7. The van der Waals surface area contributed by atoms with Gasteiger partial charge in [-0.25, -0.2) is 0 Å². The molecule has 1 heterocycles. The van der Waals surface area contributed by atoms with E-state index in [0.29, 0.717) is 34.4 Å². The van der Waals surface area contributed by atoms with Crippen LogP contribution in [0.25, 0.3) is 18.2 Å². The molecule has 0 aliphatic carbocycles. The monoisotopic (exact) mass is 497 g/mol. The lowest BCUT2D eigenvalue weighted by atomic mass is 10.0. The highest BCUT2D eigenvalue weighted by molar-refractivity contribution is 6.09. The van der Waals surface area contributed by atoms with E-state index in [9.17, 15) is 9.90 Å². The molecular weight excluding hydrogens is 470 g/mol. The van der Waals surface area contributed by atoms with Crippen molar-refractivity contribution in [1.29, 1.82) is 0 Å². The number of ketones is 1. The number of carbonyl (C=O) groups is 1. The Bertz CT molecular complexity index is 1420. The summed E-state index contributed by atoms with van der Waals surface area (Å²) >= 11 is 0. The molecule has 0 aliphatic heterocycles. The number of hydrogen-bond donors (Lipinski definition) is 2. The van der Waals surface area contributed by atoms with Crippen molar-refractivity contribution in [2.45, 2.75) is 0 Å². The van der Waals surface area contributed by atoms with E-state index in [1.54, 1.807) is 38.6 Å². The molecule has 7 nitrogen and oxygen atoms in total. The molecule has 0 saturated heterocycles. The van der Waals surface area contributed by atoms with Crippen molar-refractivity contribution in [3.8, 4) is 34.6 Å². The van der Waals surface area contributed by atoms with E-state index >= 15 is 0 Å². The van der Waals surface area contributed by atoms with Crippen LogP contribution in [-0.2, 0) is 0 Å². The minimum Gasteiger partial charge on any atom is -0.507 e. The fourth-order valence-corrected chi connectivity index (χ4v) is 3.66. The second-order valence-corrected chi connectivity index (χ2v) is 7.95.